The van der Waals surface area contributed by atoms with Gasteiger partial charge in [0.25, 0.3) is 0 Å². The molecule has 5 nitrogen and oxygen atoms in total. The number of urea groups is 1. The average molecular weight is 375 g/mol. The molecule has 1 saturated carbocycles. The first-order valence-electron chi connectivity index (χ1n) is 6.93. The number of nitrogens with zero attached hydrogens (tertiary/aromatic N) is 1. The minimum Gasteiger partial charge on any atom is -0.481 e. The fraction of sp³-hybridized carbons (Fsp3) is 0.571. The van der Waals surface area contributed by atoms with Crippen molar-refractivity contribution in [2.45, 2.75) is 38.3 Å². The molecule has 0 spiro atoms. The Morgan fingerprint density at radius 2 is 2.29 bits per heavy atom. The SMILES string of the molecule is CN(Cc1csc(Br)c1)C(=O)NC1CCCC(C(=O)O)C1. The standard InChI is InChI=1S/C14H19BrN2O3S/c1-17(7-9-5-12(15)21-8-9)14(20)16-11-4-2-3-10(6-11)13(18)19/h5,8,10-11H,2-4,6-7H2,1H3,(H,16,20)(H,18,19). The average Bonchev–Trinajstić information content (AvgIpc) is 2.84. The Kier molecular flexibility index (Phi) is 5.64. The van der Waals surface area contributed by atoms with Crippen molar-refractivity contribution in [2.24, 2.45) is 5.92 Å². The summed E-state index contributed by atoms with van der Waals surface area (Å²) in [7, 11) is 1.75. The van der Waals surface area contributed by atoms with Crippen molar-refractivity contribution in [3.63, 3.8) is 0 Å². The lowest BCUT2D eigenvalue weighted by molar-refractivity contribution is -0.143. The van der Waals surface area contributed by atoms with Gasteiger partial charge in [-0.05, 0) is 52.2 Å². The van der Waals surface area contributed by atoms with Crippen LogP contribution < -0.4 is 5.32 Å². The number of carboxylic acids is 1. The van der Waals surface area contributed by atoms with Gasteiger partial charge < -0.3 is 15.3 Å². The first-order valence-corrected chi connectivity index (χ1v) is 8.60. The predicted molar refractivity (Wildman–Crippen MR) is 85.4 cm³/mol. The zero-order valence-electron chi connectivity index (χ0n) is 11.8. The maximum Gasteiger partial charge on any atom is 0.317 e. The number of carbonyl (C=O) groups is 2. The van der Waals surface area contributed by atoms with Crippen LogP contribution >= 0.6 is 27.3 Å². The summed E-state index contributed by atoms with van der Waals surface area (Å²) in [4.78, 5) is 24.8. The highest BCUT2D eigenvalue weighted by molar-refractivity contribution is 9.11. The molecule has 2 unspecified atom stereocenters. The molecule has 0 bridgehead atoms. The van der Waals surface area contributed by atoms with Crippen LogP contribution in [-0.2, 0) is 11.3 Å². The number of rotatable bonds is 4. The number of thiophene rings is 1. The number of hydrogen-bond donors (Lipinski definition) is 2. The lowest BCUT2D eigenvalue weighted by Gasteiger charge is -2.29. The molecule has 7 heteroatoms. The summed E-state index contributed by atoms with van der Waals surface area (Å²) in [6.45, 7) is 0.545. The minimum atomic E-state index is -0.759. The van der Waals surface area contributed by atoms with E-state index in [1.165, 1.54) is 0 Å². The van der Waals surface area contributed by atoms with Crippen LogP contribution in [0.3, 0.4) is 0 Å². The molecule has 0 saturated heterocycles. The van der Waals surface area contributed by atoms with E-state index in [2.05, 4.69) is 21.2 Å². The quantitative estimate of drug-likeness (QED) is 0.849. The van der Waals surface area contributed by atoms with Crippen molar-refractivity contribution in [1.29, 1.82) is 0 Å². The van der Waals surface area contributed by atoms with Crippen molar-refractivity contribution in [1.82, 2.24) is 10.2 Å². The van der Waals surface area contributed by atoms with Crippen molar-refractivity contribution >= 4 is 39.3 Å². The zero-order valence-corrected chi connectivity index (χ0v) is 14.2. The topological polar surface area (TPSA) is 69.6 Å². The molecular formula is C14H19BrN2O3S. The summed E-state index contributed by atoms with van der Waals surface area (Å²) in [6.07, 6.45) is 2.94. The lowest BCUT2D eigenvalue weighted by Crippen LogP contribution is -2.45. The van der Waals surface area contributed by atoms with Gasteiger partial charge in [-0.1, -0.05) is 6.42 Å². The second-order valence-corrected chi connectivity index (χ2v) is 7.75. The molecule has 1 aromatic heterocycles. The molecule has 21 heavy (non-hydrogen) atoms. The Balaban J connectivity index is 1.84. The van der Waals surface area contributed by atoms with Gasteiger partial charge in [-0.15, -0.1) is 11.3 Å². The largest absolute Gasteiger partial charge is 0.481 e. The first kappa shape index (κ1) is 16.3. The van der Waals surface area contributed by atoms with Gasteiger partial charge in [-0.25, -0.2) is 4.79 Å². The van der Waals surface area contributed by atoms with Crippen LogP contribution in [0.2, 0.25) is 0 Å². The molecule has 1 aliphatic rings. The van der Waals surface area contributed by atoms with Crippen molar-refractivity contribution in [3.8, 4) is 0 Å². The molecule has 0 radical (unpaired) electrons. The van der Waals surface area contributed by atoms with E-state index >= 15 is 0 Å². The second kappa shape index (κ2) is 7.26. The molecule has 0 aromatic carbocycles. The van der Waals surface area contributed by atoms with E-state index in [0.717, 1.165) is 22.2 Å². The number of nitrogens with one attached hydrogen (secondary N) is 1. The summed E-state index contributed by atoms with van der Waals surface area (Å²) in [5, 5.41) is 14.0. The summed E-state index contributed by atoms with van der Waals surface area (Å²) >= 11 is 4.99. The summed E-state index contributed by atoms with van der Waals surface area (Å²) in [6, 6.07) is 1.81. The van der Waals surface area contributed by atoms with Gasteiger partial charge >= 0.3 is 12.0 Å². The highest BCUT2D eigenvalue weighted by Crippen LogP contribution is 2.25. The third-order valence-electron chi connectivity index (χ3n) is 3.74. The van der Waals surface area contributed by atoms with E-state index in [4.69, 9.17) is 5.11 Å². The monoisotopic (exact) mass is 374 g/mol. The third-order valence-corrected chi connectivity index (χ3v) is 5.29. The fourth-order valence-corrected chi connectivity index (χ4v) is 3.80. The van der Waals surface area contributed by atoms with E-state index < -0.39 is 5.97 Å². The van der Waals surface area contributed by atoms with Gasteiger partial charge in [-0.3, -0.25) is 4.79 Å². The molecule has 1 fully saturated rings. The van der Waals surface area contributed by atoms with Gasteiger partial charge in [0.05, 0.1) is 9.70 Å². The van der Waals surface area contributed by atoms with Gasteiger partial charge in [0, 0.05) is 19.6 Å². The van der Waals surface area contributed by atoms with E-state index in [-0.39, 0.29) is 18.0 Å². The van der Waals surface area contributed by atoms with Crippen LogP contribution in [0.5, 0.6) is 0 Å². The highest BCUT2D eigenvalue weighted by Gasteiger charge is 2.28. The smallest absolute Gasteiger partial charge is 0.317 e. The lowest BCUT2D eigenvalue weighted by atomic mass is 9.86. The van der Waals surface area contributed by atoms with Crippen molar-refractivity contribution in [2.75, 3.05) is 7.05 Å². The Morgan fingerprint density at radius 3 is 2.90 bits per heavy atom. The van der Waals surface area contributed by atoms with E-state index in [1.807, 2.05) is 11.4 Å². The number of aliphatic carboxylic acids is 1. The van der Waals surface area contributed by atoms with Crippen LogP contribution in [0.4, 0.5) is 4.79 Å². The maximum atomic E-state index is 12.2. The Bertz CT molecular complexity index is 520. The number of carboxylic acid groups (broad SMARTS) is 1. The molecule has 2 atom stereocenters. The molecule has 0 aliphatic heterocycles. The molecule has 1 aliphatic carbocycles. The number of amides is 2. The number of halogens is 1. The van der Waals surface area contributed by atoms with Gasteiger partial charge in [-0.2, -0.15) is 0 Å². The fourth-order valence-electron chi connectivity index (χ4n) is 2.60. The molecule has 2 rings (SSSR count). The molecule has 1 aromatic rings. The predicted octanol–water partition coefficient (Wildman–Crippen LogP) is 3.30. The highest BCUT2D eigenvalue weighted by atomic mass is 79.9. The Labute approximate surface area is 136 Å². The Morgan fingerprint density at radius 1 is 1.52 bits per heavy atom. The molecular weight excluding hydrogens is 356 g/mol. The summed E-state index contributed by atoms with van der Waals surface area (Å²) in [5.41, 5.74) is 1.08. The van der Waals surface area contributed by atoms with Crippen LogP contribution in [0.15, 0.2) is 15.2 Å². The minimum absolute atomic E-state index is 0.0380. The van der Waals surface area contributed by atoms with Gasteiger partial charge in [0.2, 0.25) is 0 Å². The number of carbonyl (C=O) groups excluding carboxylic acids is 1. The molecule has 2 N–H and O–H groups in total. The normalized spacial score (nSPS) is 21.8. The molecule has 2 amide bonds. The van der Waals surface area contributed by atoms with Crippen LogP contribution in [-0.4, -0.2) is 35.1 Å². The Hall–Kier alpha value is -1.08. The van der Waals surface area contributed by atoms with Crippen LogP contribution in [0, 0.1) is 5.92 Å². The zero-order chi connectivity index (χ0) is 15.4. The number of hydrogen-bond acceptors (Lipinski definition) is 3. The second-order valence-electron chi connectivity index (χ2n) is 5.46. The van der Waals surface area contributed by atoms with E-state index in [0.29, 0.717) is 19.4 Å². The molecule has 116 valence electrons. The molecule has 1 heterocycles. The van der Waals surface area contributed by atoms with Crippen LogP contribution in [0.1, 0.15) is 31.2 Å². The summed E-state index contributed by atoms with van der Waals surface area (Å²) in [5.74, 6) is -1.09. The maximum absolute atomic E-state index is 12.2. The van der Waals surface area contributed by atoms with Crippen molar-refractivity contribution in [3.05, 3.63) is 20.8 Å². The van der Waals surface area contributed by atoms with E-state index in [9.17, 15) is 9.59 Å². The van der Waals surface area contributed by atoms with Crippen molar-refractivity contribution < 1.29 is 14.7 Å². The van der Waals surface area contributed by atoms with Crippen LogP contribution in [0.25, 0.3) is 0 Å². The third kappa shape index (κ3) is 4.71. The van der Waals surface area contributed by atoms with Gasteiger partial charge in [0.1, 0.15) is 0 Å². The van der Waals surface area contributed by atoms with Gasteiger partial charge in [0.15, 0.2) is 0 Å². The van der Waals surface area contributed by atoms with E-state index in [1.54, 1.807) is 23.3 Å². The summed E-state index contributed by atoms with van der Waals surface area (Å²) < 4.78 is 1.04. The first-order chi connectivity index (χ1) is 9.95.